The quantitative estimate of drug-likeness (QED) is 0.893. The minimum absolute atomic E-state index is 0.382. The van der Waals surface area contributed by atoms with Crippen molar-refractivity contribution < 1.29 is 0 Å². The second kappa shape index (κ2) is 4.02. The molecule has 2 aromatic rings. The van der Waals surface area contributed by atoms with E-state index in [9.17, 15) is 0 Å². The van der Waals surface area contributed by atoms with Gasteiger partial charge in [-0.15, -0.1) is 11.3 Å². The minimum atomic E-state index is 0.382. The van der Waals surface area contributed by atoms with Crippen LogP contribution in [0.4, 0.5) is 5.82 Å². The monoisotopic (exact) mass is 243 g/mol. The third kappa shape index (κ3) is 1.96. The minimum Gasteiger partial charge on any atom is -0.366 e. The highest BCUT2D eigenvalue weighted by atomic mass is 35.5. The predicted molar refractivity (Wildman–Crippen MR) is 67.1 cm³/mol. The fraction of sp³-hybridized carbons (Fsp3) is 0.500. The van der Waals surface area contributed by atoms with E-state index in [1.54, 1.807) is 11.3 Å². The molecule has 5 heteroatoms. The first-order chi connectivity index (χ1) is 7.11. The highest BCUT2D eigenvalue weighted by Crippen LogP contribution is 2.34. The third-order valence-corrected chi connectivity index (χ3v) is 3.40. The van der Waals surface area contributed by atoms with Gasteiger partial charge in [-0.2, -0.15) is 5.10 Å². The van der Waals surface area contributed by atoms with Crippen molar-refractivity contribution >= 4 is 39.0 Å². The van der Waals surface area contributed by atoms with Crippen LogP contribution >= 0.6 is 22.9 Å². The lowest BCUT2D eigenvalue weighted by molar-refractivity contribution is 0.686. The van der Waals surface area contributed by atoms with E-state index in [0.29, 0.717) is 6.04 Å². The number of fused-ring (bicyclic) bond motifs is 1. The number of hydrogen-bond donors (Lipinski definition) is 1. The van der Waals surface area contributed by atoms with E-state index >= 15 is 0 Å². The summed E-state index contributed by atoms with van der Waals surface area (Å²) in [5.41, 5.74) is 0. The number of nitrogens with one attached hydrogen (secondary N) is 1. The van der Waals surface area contributed by atoms with Crippen LogP contribution in [0.15, 0.2) is 6.07 Å². The molecular weight excluding hydrogens is 230 g/mol. The van der Waals surface area contributed by atoms with Crippen molar-refractivity contribution in [2.45, 2.75) is 33.4 Å². The van der Waals surface area contributed by atoms with Crippen molar-refractivity contribution in [1.29, 1.82) is 0 Å². The molecule has 0 atom stereocenters. The fourth-order valence-corrected chi connectivity index (χ4v) is 2.76. The summed E-state index contributed by atoms with van der Waals surface area (Å²) in [5.74, 6) is 0.935. The normalized spacial score (nSPS) is 11.5. The zero-order valence-corrected chi connectivity index (χ0v) is 10.6. The zero-order valence-electron chi connectivity index (χ0n) is 9.04. The topological polar surface area (TPSA) is 29.9 Å². The summed E-state index contributed by atoms with van der Waals surface area (Å²) in [5, 5.41) is 8.96. The van der Waals surface area contributed by atoms with Gasteiger partial charge in [0.15, 0.2) is 5.82 Å². The summed E-state index contributed by atoms with van der Waals surface area (Å²) in [6.45, 7) is 7.15. The Bertz CT molecular complexity index is 472. The maximum absolute atomic E-state index is 6.01. The third-order valence-electron chi connectivity index (χ3n) is 2.12. The van der Waals surface area contributed by atoms with Crippen molar-refractivity contribution in [2.24, 2.45) is 0 Å². The molecule has 82 valence electrons. The van der Waals surface area contributed by atoms with Crippen molar-refractivity contribution in [2.75, 3.05) is 5.32 Å². The molecule has 0 radical (unpaired) electrons. The molecule has 1 N–H and O–H groups in total. The van der Waals surface area contributed by atoms with Gasteiger partial charge in [0.1, 0.15) is 4.83 Å². The summed E-state index contributed by atoms with van der Waals surface area (Å²) >= 11 is 7.59. The number of aryl methyl sites for hydroxylation is 1. The molecule has 0 amide bonds. The van der Waals surface area contributed by atoms with Crippen LogP contribution in [-0.2, 0) is 6.54 Å². The lowest BCUT2D eigenvalue weighted by atomic mass is 10.3. The number of hydrogen-bond acceptors (Lipinski definition) is 3. The van der Waals surface area contributed by atoms with Crippen LogP contribution in [0.5, 0.6) is 0 Å². The molecule has 0 saturated carbocycles. The average Bonchev–Trinajstić information content (AvgIpc) is 2.64. The van der Waals surface area contributed by atoms with E-state index in [0.717, 1.165) is 26.9 Å². The first kappa shape index (κ1) is 10.8. The van der Waals surface area contributed by atoms with E-state index in [1.807, 2.05) is 10.7 Å². The number of aromatic nitrogens is 2. The Labute approximate surface area is 98.0 Å². The van der Waals surface area contributed by atoms with E-state index < -0.39 is 0 Å². The number of anilines is 1. The van der Waals surface area contributed by atoms with Crippen LogP contribution in [0.3, 0.4) is 0 Å². The summed E-state index contributed by atoms with van der Waals surface area (Å²) < 4.78 is 2.80. The predicted octanol–water partition coefficient (Wildman–Crippen LogP) is 3.59. The van der Waals surface area contributed by atoms with E-state index in [2.05, 4.69) is 31.2 Å². The first-order valence-electron chi connectivity index (χ1n) is 5.04. The van der Waals surface area contributed by atoms with Gasteiger partial charge in [-0.05, 0) is 26.8 Å². The van der Waals surface area contributed by atoms with Gasteiger partial charge in [0, 0.05) is 12.6 Å². The smallest absolute Gasteiger partial charge is 0.157 e. The van der Waals surface area contributed by atoms with Gasteiger partial charge in [-0.1, -0.05) is 11.6 Å². The van der Waals surface area contributed by atoms with Gasteiger partial charge >= 0.3 is 0 Å². The SMILES string of the molecule is CCn1nc(NC(C)C)c2cc(Cl)sc21. The molecule has 0 aromatic carbocycles. The zero-order chi connectivity index (χ0) is 11.0. The summed E-state index contributed by atoms with van der Waals surface area (Å²) in [6.07, 6.45) is 0. The Morgan fingerprint density at radius 1 is 1.60 bits per heavy atom. The average molecular weight is 244 g/mol. The van der Waals surface area contributed by atoms with Crippen LogP contribution in [0.25, 0.3) is 10.2 Å². The van der Waals surface area contributed by atoms with Gasteiger partial charge in [0.25, 0.3) is 0 Å². The number of nitrogens with zero attached hydrogens (tertiary/aromatic N) is 2. The molecule has 3 nitrogen and oxygen atoms in total. The van der Waals surface area contributed by atoms with Crippen LogP contribution in [-0.4, -0.2) is 15.8 Å². The molecule has 0 unspecified atom stereocenters. The second-order valence-electron chi connectivity index (χ2n) is 3.73. The molecular formula is C10H14ClN3S. The molecule has 15 heavy (non-hydrogen) atoms. The van der Waals surface area contributed by atoms with Gasteiger partial charge in [-0.25, -0.2) is 0 Å². The summed E-state index contributed by atoms with van der Waals surface area (Å²) in [6, 6.07) is 2.36. The molecule has 0 fully saturated rings. The lowest BCUT2D eigenvalue weighted by Crippen LogP contribution is -2.10. The van der Waals surface area contributed by atoms with E-state index in [-0.39, 0.29) is 0 Å². The molecule has 0 aliphatic heterocycles. The van der Waals surface area contributed by atoms with Gasteiger partial charge in [-0.3, -0.25) is 4.68 Å². The Balaban J connectivity index is 2.53. The second-order valence-corrected chi connectivity index (χ2v) is 5.39. The van der Waals surface area contributed by atoms with Gasteiger partial charge in [0.2, 0.25) is 0 Å². The fourth-order valence-electron chi connectivity index (χ4n) is 1.53. The Morgan fingerprint density at radius 3 is 2.93 bits per heavy atom. The number of rotatable bonds is 3. The standard InChI is InChI=1S/C10H14ClN3S/c1-4-14-10-7(5-8(11)15-10)9(13-14)12-6(2)3/h5-6H,4H2,1-3H3,(H,12,13). The highest BCUT2D eigenvalue weighted by Gasteiger charge is 2.13. The first-order valence-corrected chi connectivity index (χ1v) is 6.23. The molecule has 0 spiro atoms. The van der Waals surface area contributed by atoms with Crippen molar-refractivity contribution in [3.05, 3.63) is 10.4 Å². The molecule has 2 rings (SSSR count). The van der Waals surface area contributed by atoms with Crippen molar-refractivity contribution in [3.8, 4) is 0 Å². The Kier molecular flexibility index (Phi) is 2.89. The van der Waals surface area contributed by atoms with Crippen LogP contribution in [0.2, 0.25) is 4.34 Å². The largest absolute Gasteiger partial charge is 0.366 e. The molecule has 2 heterocycles. The molecule has 0 aliphatic rings. The molecule has 0 bridgehead atoms. The molecule has 0 saturated heterocycles. The van der Waals surface area contributed by atoms with E-state index in [4.69, 9.17) is 11.6 Å². The van der Waals surface area contributed by atoms with Gasteiger partial charge in [0.05, 0.1) is 9.72 Å². The summed E-state index contributed by atoms with van der Waals surface area (Å²) in [7, 11) is 0. The Hall–Kier alpha value is -0.740. The molecule has 2 aromatic heterocycles. The van der Waals surface area contributed by atoms with Crippen LogP contribution in [0, 0.1) is 0 Å². The van der Waals surface area contributed by atoms with Crippen LogP contribution < -0.4 is 5.32 Å². The highest BCUT2D eigenvalue weighted by molar-refractivity contribution is 7.22. The van der Waals surface area contributed by atoms with E-state index in [1.165, 1.54) is 0 Å². The van der Waals surface area contributed by atoms with Gasteiger partial charge < -0.3 is 5.32 Å². The molecule has 0 aliphatic carbocycles. The number of halogens is 1. The van der Waals surface area contributed by atoms with Crippen molar-refractivity contribution in [1.82, 2.24) is 9.78 Å². The number of thiophene rings is 1. The van der Waals surface area contributed by atoms with Crippen LogP contribution in [0.1, 0.15) is 20.8 Å². The maximum Gasteiger partial charge on any atom is 0.157 e. The Morgan fingerprint density at radius 2 is 2.33 bits per heavy atom. The van der Waals surface area contributed by atoms with Crippen molar-refractivity contribution in [3.63, 3.8) is 0 Å². The maximum atomic E-state index is 6.01. The lowest BCUT2D eigenvalue weighted by Gasteiger charge is -2.05. The summed E-state index contributed by atoms with van der Waals surface area (Å²) in [4.78, 5) is 1.14.